The first kappa shape index (κ1) is 14.2. The van der Waals surface area contributed by atoms with Gasteiger partial charge in [0, 0.05) is 32.7 Å². The van der Waals surface area contributed by atoms with Gasteiger partial charge < -0.3 is 10.2 Å². The van der Waals surface area contributed by atoms with Crippen molar-refractivity contribution in [1.29, 1.82) is 0 Å². The molecule has 18 heavy (non-hydrogen) atoms. The molecular formula is C12H25N3O2S. The van der Waals surface area contributed by atoms with Gasteiger partial charge in [-0.1, -0.05) is 6.92 Å². The fourth-order valence-electron chi connectivity index (χ4n) is 2.83. The molecule has 0 radical (unpaired) electrons. The van der Waals surface area contributed by atoms with E-state index in [4.69, 9.17) is 0 Å². The molecule has 2 aliphatic rings. The van der Waals surface area contributed by atoms with Crippen molar-refractivity contribution in [2.75, 3.05) is 45.8 Å². The molecule has 1 N–H and O–H groups in total. The molecule has 0 spiro atoms. The highest BCUT2D eigenvalue weighted by molar-refractivity contribution is 7.89. The van der Waals surface area contributed by atoms with Crippen LogP contribution >= 0.6 is 0 Å². The summed E-state index contributed by atoms with van der Waals surface area (Å²) in [6.07, 6.45) is 1.13. The third kappa shape index (κ3) is 3.04. The average molecular weight is 275 g/mol. The second kappa shape index (κ2) is 5.86. The van der Waals surface area contributed by atoms with E-state index in [-0.39, 0.29) is 5.25 Å². The van der Waals surface area contributed by atoms with Crippen LogP contribution in [0, 0.1) is 5.92 Å². The van der Waals surface area contributed by atoms with E-state index in [0.29, 0.717) is 25.6 Å². The van der Waals surface area contributed by atoms with Crippen LogP contribution in [-0.4, -0.2) is 68.7 Å². The van der Waals surface area contributed by atoms with Crippen molar-refractivity contribution in [3.05, 3.63) is 0 Å². The predicted molar refractivity (Wildman–Crippen MR) is 73.0 cm³/mol. The van der Waals surface area contributed by atoms with Crippen molar-refractivity contribution in [3.8, 4) is 0 Å². The molecule has 2 unspecified atom stereocenters. The van der Waals surface area contributed by atoms with E-state index in [1.54, 1.807) is 11.2 Å². The Bertz CT molecular complexity index is 372. The third-order valence-electron chi connectivity index (χ3n) is 4.12. The minimum Gasteiger partial charge on any atom is -0.314 e. The van der Waals surface area contributed by atoms with E-state index in [1.165, 1.54) is 0 Å². The molecule has 2 saturated heterocycles. The first-order valence-corrected chi connectivity index (χ1v) is 8.46. The number of rotatable bonds is 3. The van der Waals surface area contributed by atoms with Crippen LogP contribution < -0.4 is 5.32 Å². The smallest absolute Gasteiger partial charge is 0.218 e. The number of nitrogens with one attached hydrogen (secondary N) is 1. The topological polar surface area (TPSA) is 52.6 Å². The van der Waals surface area contributed by atoms with Gasteiger partial charge in [0.2, 0.25) is 10.0 Å². The lowest BCUT2D eigenvalue weighted by Gasteiger charge is -2.25. The predicted octanol–water partition coefficient (Wildman–Crippen LogP) is -0.0483. The van der Waals surface area contributed by atoms with Crippen molar-refractivity contribution in [1.82, 2.24) is 14.5 Å². The lowest BCUT2D eigenvalue weighted by atomic mass is 10.1. The molecule has 0 bridgehead atoms. The monoisotopic (exact) mass is 275 g/mol. The molecule has 0 aromatic heterocycles. The van der Waals surface area contributed by atoms with Gasteiger partial charge in [-0.25, -0.2) is 12.7 Å². The maximum atomic E-state index is 12.3. The zero-order valence-corrected chi connectivity index (χ0v) is 12.2. The first-order chi connectivity index (χ1) is 8.54. The summed E-state index contributed by atoms with van der Waals surface area (Å²) in [5.41, 5.74) is 0. The van der Waals surface area contributed by atoms with Crippen LogP contribution in [0.15, 0.2) is 0 Å². The molecule has 6 heteroatoms. The van der Waals surface area contributed by atoms with Crippen molar-refractivity contribution >= 4 is 10.0 Å². The summed E-state index contributed by atoms with van der Waals surface area (Å²) in [4.78, 5) is 2.40. The van der Waals surface area contributed by atoms with Gasteiger partial charge in [0.25, 0.3) is 0 Å². The van der Waals surface area contributed by atoms with Crippen LogP contribution in [0.1, 0.15) is 20.3 Å². The number of sulfonamides is 1. The van der Waals surface area contributed by atoms with Crippen molar-refractivity contribution in [3.63, 3.8) is 0 Å². The molecule has 2 aliphatic heterocycles. The maximum absolute atomic E-state index is 12.3. The third-order valence-corrected chi connectivity index (χ3v) is 6.35. The Hall–Kier alpha value is -0.170. The maximum Gasteiger partial charge on any atom is 0.218 e. The Balaban J connectivity index is 1.99. The highest BCUT2D eigenvalue weighted by Gasteiger charge is 2.33. The molecule has 0 aliphatic carbocycles. The van der Waals surface area contributed by atoms with Gasteiger partial charge >= 0.3 is 0 Å². The lowest BCUT2D eigenvalue weighted by Crippen LogP contribution is -2.41. The summed E-state index contributed by atoms with van der Waals surface area (Å²) in [6.45, 7) is 9.86. The minimum atomic E-state index is -3.10. The molecule has 2 rings (SSSR count). The SMILES string of the molecule is CCN1CCC(CN2CCNCC(C)S2(=O)=O)C1. The number of hydrogen-bond donors (Lipinski definition) is 1. The van der Waals surface area contributed by atoms with E-state index in [0.717, 1.165) is 32.6 Å². The molecule has 0 aromatic rings. The van der Waals surface area contributed by atoms with Crippen molar-refractivity contribution < 1.29 is 8.42 Å². The number of likely N-dealkylation sites (tertiary alicyclic amines) is 1. The zero-order valence-electron chi connectivity index (χ0n) is 11.4. The Morgan fingerprint density at radius 3 is 2.78 bits per heavy atom. The Kier molecular flexibility index (Phi) is 4.64. The van der Waals surface area contributed by atoms with Crippen LogP contribution in [0.3, 0.4) is 0 Å². The van der Waals surface area contributed by atoms with Gasteiger partial charge in [0.05, 0.1) is 5.25 Å². The van der Waals surface area contributed by atoms with Gasteiger partial charge in [-0.15, -0.1) is 0 Å². The number of hydrogen-bond acceptors (Lipinski definition) is 4. The van der Waals surface area contributed by atoms with Crippen molar-refractivity contribution in [2.24, 2.45) is 5.92 Å². The molecule has 2 heterocycles. The fourth-order valence-corrected chi connectivity index (χ4v) is 4.43. The average Bonchev–Trinajstić information content (AvgIpc) is 2.75. The lowest BCUT2D eigenvalue weighted by molar-refractivity contribution is 0.312. The van der Waals surface area contributed by atoms with Gasteiger partial charge in [-0.05, 0) is 32.4 Å². The molecule has 0 amide bonds. The van der Waals surface area contributed by atoms with Gasteiger partial charge in [-0.2, -0.15) is 0 Å². The summed E-state index contributed by atoms with van der Waals surface area (Å²) in [7, 11) is -3.10. The number of nitrogens with zero attached hydrogens (tertiary/aromatic N) is 2. The second-order valence-electron chi connectivity index (χ2n) is 5.47. The standard InChI is InChI=1S/C12H25N3O2S/c1-3-14-6-4-12(9-14)10-15-7-5-13-8-11(2)18(15,16)17/h11-13H,3-10H2,1-2H3. The molecule has 2 fully saturated rings. The van der Waals surface area contributed by atoms with Gasteiger partial charge in [-0.3, -0.25) is 0 Å². The summed E-state index contributed by atoms with van der Waals surface area (Å²) in [5, 5.41) is 2.89. The van der Waals surface area contributed by atoms with Gasteiger partial charge in [0.15, 0.2) is 0 Å². The molecule has 5 nitrogen and oxygen atoms in total. The minimum absolute atomic E-state index is 0.302. The summed E-state index contributed by atoms with van der Waals surface area (Å²) in [6, 6.07) is 0. The highest BCUT2D eigenvalue weighted by atomic mass is 32.2. The molecule has 2 atom stereocenters. The Labute approximate surface area is 111 Å². The Morgan fingerprint density at radius 1 is 1.33 bits per heavy atom. The fraction of sp³-hybridized carbons (Fsp3) is 1.00. The van der Waals surface area contributed by atoms with Crippen molar-refractivity contribution in [2.45, 2.75) is 25.5 Å². The molecular weight excluding hydrogens is 250 g/mol. The van der Waals surface area contributed by atoms with E-state index >= 15 is 0 Å². The van der Waals surface area contributed by atoms with E-state index in [9.17, 15) is 8.42 Å². The van der Waals surface area contributed by atoms with Crippen LogP contribution in [-0.2, 0) is 10.0 Å². The van der Waals surface area contributed by atoms with Crippen LogP contribution in [0.4, 0.5) is 0 Å². The Morgan fingerprint density at radius 2 is 2.11 bits per heavy atom. The quantitative estimate of drug-likeness (QED) is 0.785. The highest BCUT2D eigenvalue weighted by Crippen LogP contribution is 2.20. The van der Waals surface area contributed by atoms with Crippen LogP contribution in [0.2, 0.25) is 0 Å². The summed E-state index contributed by atoms with van der Waals surface area (Å²) in [5.74, 6) is 0.505. The largest absolute Gasteiger partial charge is 0.314 e. The summed E-state index contributed by atoms with van der Waals surface area (Å²) < 4.78 is 26.4. The van der Waals surface area contributed by atoms with E-state index in [1.807, 2.05) is 0 Å². The van der Waals surface area contributed by atoms with Gasteiger partial charge in [0.1, 0.15) is 0 Å². The molecule has 106 valence electrons. The normalized spacial score (nSPS) is 34.6. The van der Waals surface area contributed by atoms with E-state index in [2.05, 4.69) is 17.1 Å². The second-order valence-corrected chi connectivity index (χ2v) is 7.82. The van der Waals surface area contributed by atoms with Crippen LogP contribution in [0.5, 0.6) is 0 Å². The molecule has 0 aromatic carbocycles. The van der Waals surface area contributed by atoms with E-state index < -0.39 is 10.0 Å². The zero-order chi connectivity index (χ0) is 13.2. The molecule has 0 saturated carbocycles. The van der Waals surface area contributed by atoms with Crippen LogP contribution in [0.25, 0.3) is 0 Å². The summed E-state index contributed by atoms with van der Waals surface area (Å²) >= 11 is 0. The first-order valence-electron chi connectivity index (χ1n) is 6.96.